The third-order valence-electron chi connectivity index (χ3n) is 3.96. The highest BCUT2D eigenvalue weighted by atomic mass is 16.3. The van der Waals surface area contributed by atoms with Gasteiger partial charge in [0.15, 0.2) is 0 Å². The fourth-order valence-corrected chi connectivity index (χ4v) is 2.60. The van der Waals surface area contributed by atoms with Crippen LogP contribution in [0.25, 0.3) is 0 Å². The van der Waals surface area contributed by atoms with Gasteiger partial charge in [0.2, 0.25) is 0 Å². The molecule has 0 atom stereocenters. The molecular weight excluding hydrogens is 270 g/mol. The fraction of sp³-hybridized carbons (Fsp3) is 1.00. The molecule has 0 aromatic heterocycles. The Morgan fingerprint density at radius 1 is 0.857 bits per heavy atom. The lowest BCUT2D eigenvalue weighted by Gasteiger charge is -2.35. The zero-order valence-corrected chi connectivity index (χ0v) is 13.2. The molecule has 0 bridgehead atoms. The molecule has 7 nitrogen and oxygen atoms in total. The molecule has 0 amide bonds. The van der Waals surface area contributed by atoms with Gasteiger partial charge < -0.3 is 21.3 Å². The van der Waals surface area contributed by atoms with Gasteiger partial charge in [0.05, 0.1) is 13.2 Å². The van der Waals surface area contributed by atoms with Gasteiger partial charge in [0.1, 0.15) is 0 Å². The van der Waals surface area contributed by atoms with Crippen molar-refractivity contribution in [2.45, 2.75) is 0 Å². The molecule has 1 saturated heterocycles. The summed E-state index contributed by atoms with van der Waals surface area (Å²) in [6.07, 6.45) is 0. The van der Waals surface area contributed by atoms with Crippen LogP contribution < -0.4 is 11.1 Å². The zero-order chi connectivity index (χ0) is 15.3. The summed E-state index contributed by atoms with van der Waals surface area (Å²) in [7, 11) is 0. The van der Waals surface area contributed by atoms with Crippen LogP contribution in [-0.4, -0.2) is 117 Å². The Balaban J connectivity index is 2.14. The highest BCUT2D eigenvalue weighted by Crippen LogP contribution is 2.01. The normalized spacial score (nSPS) is 17.7. The van der Waals surface area contributed by atoms with E-state index in [9.17, 15) is 0 Å². The van der Waals surface area contributed by atoms with Crippen molar-refractivity contribution >= 4 is 0 Å². The van der Waals surface area contributed by atoms with E-state index in [1.165, 1.54) is 0 Å². The number of nitrogens with one attached hydrogen (secondary N) is 1. The molecule has 1 heterocycles. The van der Waals surface area contributed by atoms with Crippen LogP contribution >= 0.6 is 0 Å². The molecule has 0 spiro atoms. The number of aliphatic hydroxyl groups is 2. The van der Waals surface area contributed by atoms with Crippen molar-refractivity contribution in [3.63, 3.8) is 0 Å². The minimum atomic E-state index is 0.209. The fourth-order valence-electron chi connectivity index (χ4n) is 2.60. The maximum Gasteiger partial charge on any atom is 0.0558 e. The lowest BCUT2D eigenvalue weighted by molar-refractivity contribution is 0.0997. The summed E-state index contributed by atoms with van der Waals surface area (Å²) in [4.78, 5) is 7.06. The minimum Gasteiger partial charge on any atom is -0.395 e. The van der Waals surface area contributed by atoms with Crippen molar-refractivity contribution in [3.8, 4) is 0 Å². The van der Waals surface area contributed by atoms with Crippen LogP contribution in [0.5, 0.6) is 0 Å². The minimum absolute atomic E-state index is 0.209. The highest BCUT2D eigenvalue weighted by molar-refractivity contribution is 4.73. The first kappa shape index (κ1) is 18.8. The lowest BCUT2D eigenvalue weighted by Crippen LogP contribution is -2.49. The highest BCUT2D eigenvalue weighted by Gasteiger charge is 2.16. The summed E-state index contributed by atoms with van der Waals surface area (Å²) >= 11 is 0. The van der Waals surface area contributed by atoms with Gasteiger partial charge in [-0.15, -0.1) is 0 Å². The number of piperazine rings is 1. The van der Waals surface area contributed by atoms with Crippen LogP contribution in [0, 0.1) is 0 Å². The standard InChI is InChI=1S/C14H33N5O2/c15-1-2-16-3-4-17(11-13-20)5-6-18-7-9-19(10-8-18)12-14-21/h16,20-21H,1-15H2. The summed E-state index contributed by atoms with van der Waals surface area (Å²) in [5, 5.41) is 21.4. The molecule has 0 saturated carbocycles. The first-order chi connectivity index (χ1) is 10.3. The van der Waals surface area contributed by atoms with Gasteiger partial charge >= 0.3 is 0 Å². The molecule has 5 N–H and O–H groups in total. The molecule has 0 aliphatic carbocycles. The van der Waals surface area contributed by atoms with Crippen LogP contribution in [0.2, 0.25) is 0 Å². The molecule has 0 radical (unpaired) electrons. The number of β-amino-alcohol motifs (C(OH)–C–C–N with tert-alkyl or cyclic N) is 1. The lowest BCUT2D eigenvalue weighted by atomic mass is 10.3. The SMILES string of the molecule is NCCNCCN(CCO)CCN1CCN(CCO)CC1. The van der Waals surface area contributed by atoms with E-state index < -0.39 is 0 Å². The van der Waals surface area contributed by atoms with E-state index in [1.807, 2.05) is 0 Å². The average molecular weight is 303 g/mol. The maximum absolute atomic E-state index is 9.14. The quantitative estimate of drug-likeness (QED) is 0.295. The molecule has 7 heteroatoms. The van der Waals surface area contributed by atoms with Crippen LogP contribution in [-0.2, 0) is 0 Å². The second-order valence-electron chi connectivity index (χ2n) is 5.51. The van der Waals surface area contributed by atoms with E-state index in [0.29, 0.717) is 6.54 Å². The Labute approximate surface area is 128 Å². The monoisotopic (exact) mass is 303 g/mol. The van der Waals surface area contributed by atoms with E-state index in [0.717, 1.165) is 72.0 Å². The molecule has 0 aromatic rings. The number of hydrogen-bond acceptors (Lipinski definition) is 7. The van der Waals surface area contributed by atoms with E-state index in [-0.39, 0.29) is 13.2 Å². The number of aliphatic hydroxyl groups excluding tert-OH is 2. The molecular formula is C14H33N5O2. The Morgan fingerprint density at radius 3 is 2.10 bits per heavy atom. The van der Waals surface area contributed by atoms with Gasteiger partial charge in [-0.2, -0.15) is 0 Å². The van der Waals surface area contributed by atoms with Gasteiger partial charge in [-0.1, -0.05) is 0 Å². The molecule has 0 unspecified atom stereocenters. The van der Waals surface area contributed by atoms with Crippen molar-refractivity contribution in [3.05, 3.63) is 0 Å². The molecule has 1 aliphatic rings. The van der Waals surface area contributed by atoms with Gasteiger partial charge in [-0.05, 0) is 0 Å². The van der Waals surface area contributed by atoms with Gasteiger partial charge in [-0.3, -0.25) is 14.7 Å². The van der Waals surface area contributed by atoms with E-state index in [1.54, 1.807) is 0 Å². The van der Waals surface area contributed by atoms with Crippen LogP contribution in [0.1, 0.15) is 0 Å². The molecule has 21 heavy (non-hydrogen) atoms. The van der Waals surface area contributed by atoms with Crippen LogP contribution in [0.3, 0.4) is 0 Å². The summed E-state index contributed by atoms with van der Waals surface area (Å²) < 4.78 is 0. The number of nitrogens with two attached hydrogens (primary N) is 1. The Bertz CT molecular complexity index is 237. The number of nitrogens with zero attached hydrogens (tertiary/aromatic N) is 3. The second kappa shape index (κ2) is 12.3. The number of hydrogen-bond donors (Lipinski definition) is 4. The smallest absolute Gasteiger partial charge is 0.0558 e. The summed E-state index contributed by atoms with van der Waals surface area (Å²) in [6, 6.07) is 0. The van der Waals surface area contributed by atoms with Crippen molar-refractivity contribution in [2.75, 3.05) is 91.8 Å². The second-order valence-corrected chi connectivity index (χ2v) is 5.51. The predicted molar refractivity (Wildman–Crippen MR) is 85.4 cm³/mol. The van der Waals surface area contributed by atoms with Crippen molar-refractivity contribution in [2.24, 2.45) is 5.73 Å². The van der Waals surface area contributed by atoms with Crippen molar-refractivity contribution in [1.29, 1.82) is 0 Å². The van der Waals surface area contributed by atoms with E-state index in [2.05, 4.69) is 20.0 Å². The van der Waals surface area contributed by atoms with Gasteiger partial charge in [-0.25, -0.2) is 0 Å². The van der Waals surface area contributed by atoms with Gasteiger partial charge in [0, 0.05) is 78.5 Å². The molecule has 1 fully saturated rings. The first-order valence-corrected chi connectivity index (χ1v) is 8.09. The molecule has 1 aliphatic heterocycles. The largest absolute Gasteiger partial charge is 0.395 e. The third kappa shape index (κ3) is 8.67. The van der Waals surface area contributed by atoms with E-state index >= 15 is 0 Å². The van der Waals surface area contributed by atoms with Crippen LogP contribution in [0.15, 0.2) is 0 Å². The average Bonchev–Trinajstić information content (AvgIpc) is 2.51. The Kier molecular flexibility index (Phi) is 11.0. The summed E-state index contributed by atoms with van der Waals surface area (Å²) in [5.74, 6) is 0. The predicted octanol–water partition coefficient (Wildman–Crippen LogP) is -2.56. The van der Waals surface area contributed by atoms with E-state index in [4.69, 9.17) is 15.9 Å². The summed E-state index contributed by atoms with van der Waals surface area (Å²) in [5.41, 5.74) is 5.45. The molecule has 1 rings (SSSR count). The number of rotatable bonds is 12. The maximum atomic E-state index is 9.14. The molecule has 0 aromatic carbocycles. The zero-order valence-electron chi connectivity index (χ0n) is 13.2. The Hall–Kier alpha value is -0.280. The van der Waals surface area contributed by atoms with Crippen LogP contribution in [0.4, 0.5) is 0 Å². The third-order valence-corrected chi connectivity index (χ3v) is 3.96. The van der Waals surface area contributed by atoms with Crippen molar-refractivity contribution < 1.29 is 10.2 Å². The first-order valence-electron chi connectivity index (χ1n) is 8.09. The summed E-state index contributed by atoms with van der Waals surface area (Å²) in [6.45, 7) is 11.6. The topological polar surface area (TPSA) is 88.2 Å². The van der Waals surface area contributed by atoms with Gasteiger partial charge in [0.25, 0.3) is 0 Å². The molecule has 126 valence electrons. The Morgan fingerprint density at radius 2 is 1.52 bits per heavy atom. The van der Waals surface area contributed by atoms with Crippen molar-refractivity contribution in [1.82, 2.24) is 20.0 Å².